The molecule has 0 bridgehead atoms. The second-order valence-corrected chi connectivity index (χ2v) is 7.88. The molecule has 0 saturated heterocycles. The third-order valence-electron chi connectivity index (χ3n) is 5.99. The lowest BCUT2D eigenvalue weighted by Crippen LogP contribution is -2.54. The van der Waals surface area contributed by atoms with E-state index in [2.05, 4.69) is 6.58 Å². The van der Waals surface area contributed by atoms with Crippen molar-refractivity contribution >= 4 is 23.4 Å². The van der Waals surface area contributed by atoms with Gasteiger partial charge in [0.05, 0.1) is 13.5 Å². The predicted octanol–water partition coefficient (Wildman–Crippen LogP) is 2.25. The Balaban J connectivity index is 1.73. The largest absolute Gasteiger partial charge is 0.497 e. The minimum Gasteiger partial charge on any atom is -0.497 e. The number of rotatable bonds is 6. The zero-order chi connectivity index (χ0) is 22.1. The number of hydrogen-bond acceptors (Lipinski definition) is 4. The van der Waals surface area contributed by atoms with Gasteiger partial charge >= 0.3 is 0 Å². The molecule has 4 rings (SSSR count). The first kappa shape index (κ1) is 20.7. The van der Waals surface area contributed by atoms with E-state index >= 15 is 0 Å². The third-order valence-corrected chi connectivity index (χ3v) is 5.99. The molecular weight excluding hydrogens is 394 g/mol. The van der Waals surface area contributed by atoms with Gasteiger partial charge in [-0.05, 0) is 41.8 Å². The maximum atomic E-state index is 13.4. The SMILES string of the molecule is C=CCN1C[C@@H]2C[C@@H](C(N)=O)N(C(=O)Cc3ccc(OC)cc3)c3cccc(c32)C1=O. The molecule has 2 aliphatic heterocycles. The van der Waals surface area contributed by atoms with E-state index in [1.165, 1.54) is 4.90 Å². The highest BCUT2D eigenvalue weighted by Gasteiger charge is 2.43. The molecule has 2 aromatic carbocycles. The number of hydrogen-bond donors (Lipinski definition) is 1. The average molecular weight is 419 g/mol. The Bertz CT molecular complexity index is 1050. The van der Waals surface area contributed by atoms with Crippen LogP contribution in [0.4, 0.5) is 5.69 Å². The van der Waals surface area contributed by atoms with Crippen LogP contribution in [-0.2, 0) is 16.0 Å². The quantitative estimate of drug-likeness (QED) is 0.727. The first-order valence-electron chi connectivity index (χ1n) is 10.2. The van der Waals surface area contributed by atoms with E-state index in [-0.39, 0.29) is 24.2 Å². The van der Waals surface area contributed by atoms with E-state index in [9.17, 15) is 14.4 Å². The van der Waals surface area contributed by atoms with Crippen molar-refractivity contribution in [3.63, 3.8) is 0 Å². The standard InChI is InChI=1S/C24H25N3O4/c1-3-11-26-14-16-13-20(23(25)29)27(19-6-4-5-18(22(16)19)24(26)30)21(28)12-15-7-9-17(31-2)10-8-15/h3-10,16,20H,1,11-14H2,2H3,(H2,25,29)/t16-,20-/m0/s1. The zero-order valence-electron chi connectivity index (χ0n) is 17.4. The molecule has 0 saturated carbocycles. The van der Waals surface area contributed by atoms with Gasteiger partial charge in [-0.15, -0.1) is 6.58 Å². The number of benzene rings is 2. The summed E-state index contributed by atoms with van der Waals surface area (Å²) in [6.07, 6.45) is 2.18. The topological polar surface area (TPSA) is 92.9 Å². The second-order valence-electron chi connectivity index (χ2n) is 7.88. The predicted molar refractivity (Wildman–Crippen MR) is 117 cm³/mol. The van der Waals surface area contributed by atoms with Gasteiger partial charge in [0.15, 0.2) is 0 Å². The molecular formula is C24H25N3O4. The number of ether oxygens (including phenoxy) is 1. The molecule has 0 fully saturated rings. The molecule has 3 amide bonds. The van der Waals surface area contributed by atoms with Crippen LogP contribution in [0.25, 0.3) is 0 Å². The average Bonchev–Trinajstić information content (AvgIpc) is 2.77. The Kier molecular flexibility index (Phi) is 5.50. The summed E-state index contributed by atoms with van der Waals surface area (Å²) in [5.41, 5.74) is 8.53. The summed E-state index contributed by atoms with van der Waals surface area (Å²) in [5.74, 6) is -0.237. The highest BCUT2D eigenvalue weighted by molar-refractivity contribution is 6.06. The molecule has 2 atom stereocenters. The van der Waals surface area contributed by atoms with Crippen LogP contribution in [0.1, 0.15) is 33.8 Å². The van der Waals surface area contributed by atoms with Crippen LogP contribution in [0, 0.1) is 0 Å². The summed E-state index contributed by atoms with van der Waals surface area (Å²) >= 11 is 0. The van der Waals surface area contributed by atoms with Gasteiger partial charge in [0, 0.05) is 30.3 Å². The molecule has 2 aliphatic rings. The number of carbonyl (C=O) groups is 3. The van der Waals surface area contributed by atoms with Crippen LogP contribution >= 0.6 is 0 Å². The van der Waals surface area contributed by atoms with Crippen LogP contribution in [-0.4, -0.2) is 48.9 Å². The lowest BCUT2D eigenvalue weighted by Gasteiger charge is -2.44. The van der Waals surface area contributed by atoms with Crippen molar-refractivity contribution in [1.82, 2.24) is 4.90 Å². The smallest absolute Gasteiger partial charge is 0.254 e. The van der Waals surface area contributed by atoms with Crippen molar-refractivity contribution in [3.8, 4) is 5.75 Å². The van der Waals surface area contributed by atoms with Crippen LogP contribution < -0.4 is 15.4 Å². The highest BCUT2D eigenvalue weighted by atomic mass is 16.5. The maximum absolute atomic E-state index is 13.4. The van der Waals surface area contributed by atoms with Gasteiger partial charge in [0.1, 0.15) is 11.8 Å². The fourth-order valence-electron chi connectivity index (χ4n) is 4.59. The van der Waals surface area contributed by atoms with Gasteiger partial charge in [0.2, 0.25) is 11.8 Å². The maximum Gasteiger partial charge on any atom is 0.254 e. The van der Waals surface area contributed by atoms with Gasteiger partial charge in [-0.25, -0.2) is 0 Å². The van der Waals surface area contributed by atoms with Crippen molar-refractivity contribution in [3.05, 3.63) is 71.8 Å². The Morgan fingerprint density at radius 3 is 2.61 bits per heavy atom. The summed E-state index contributed by atoms with van der Waals surface area (Å²) in [4.78, 5) is 41.9. The summed E-state index contributed by atoms with van der Waals surface area (Å²) in [5, 5.41) is 0. The zero-order valence-corrected chi connectivity index (χ0v) is 17.4. The fourth-order valence-corrected chi connectivity index (χ4v) is 4.59. The van der Waals surface area contributed by atoms with Gasteiger partial charge in [-0.2, -0.15) is 0 Å². The molecule has 2 N–H and O–H groups in total. The van der Waals surface area contributed by atoms with Crippen LogP contribution in [0.2, 0.25) is 0 Å². The lowest BCUT2D eigenvalue weighted by atomic mass is 9.79. The number of amides is 3. The minimum atomic E-state index is -0.766. The molecule has 160 valence electrons. The normalized spacial score (nSPS) is 19.6. The van der Waals surface area contributed by atoms with E-state index in [1.807, 2.05) is 12.1 Å². The molecule has 0 aliphatic carbocycles. The number of nitrogens with two attached hydrogens (primary N) is 1. The van der Waals surface area contributed by atoms with E-state index in [1.54, 1.807) is 48.4 Å². The third kappa shape index (κ3) is 3.67. The molecule has 0 radical (unpaired) electrons. The van der Waals surface area contributed by atoms with E-state index < -0.39 is 11.9 Å². The van der Waals surface area contributed by atoms with Crippen LogP contribution in [0.3, 0.4) is 0 Å². The van der Waals surface area contributed by atoms with Gasteiger partial charge < -0.3 is 15.4 Å². The van der Waals surface area contributed by atoms with Crippen LogP contribution in [0.5, 0.6) is 5.75 Å². The van der Waals surface area contributed by atoms with E-state index in [4.69, 9.17) is 10.5 Å². The second kappa shape index (κ2) is 8.26. The van der Waals surface area contributed by atoms with Gasteiger partial charge in [-0.1, -0.05) is 24.3 Å². The number of primary amides is 1. The Hall–Kier alpha value is -3.61. The Morgan fingerprint density at radius 1 is 1.23 bits per heavy atom. The number of anilines is 1. The summed E-state index contributed by atoms with van der Waals surface area (Å²) < 4.78 is 5.17. The molecule has 2 heterocycles. The Morgan fingerprint density at radius 2 is 1.97 bits per heavy atom. The summed E-state index contributed by atoms with van der Waals surface area (Å²) in [6.45, 7) is 4.63. The van der Waals surface area contributed by atoms with Crippen molar-refractivity contribution < 1.29 is 19.1 Å². The molecule has 7 nitrogen and oxygen atoms in total. The molecule has 2 aromatic rings. The molecule has 0 spiro atoms. The molecule has 31 heavy (non-hydrogen) atoms. The van der Waals surface area contributed by atoms with E-state index in [0.717, 1.165) is 11.1 Å². The fraction of sp³-hybridized carbons (Fsp3) is 0.292. The first-order valence-corrected chi connectivity index (χ1v) is 10.2. The summed E-state index contributed by atoms with van der Waals surface area (Å²) in [7, 11) is 1.58. The van der Waals surface area contributed by atoms with Gasteiger partial charge in [0.25, 0.3) is 5.91 Å². The highest BCUT2D eigenvalue weighted by Crippen LogP contribution is 2.44. The Labute approximate surface area is 181 Å². The molecule has 0 unspecified atom stereocenters. The molecule has 0 aromatic heterocycles. The lowest BCUT2D eigenvalue weighted by molar-refractivity contribution is -0.124. The number of carbonyl (C=O) groups excluding carboxylic acids is 3. The molecule has 7 heteroatoms. The van der Waals surface area contributed by atoms with E-state index in [0.29, 0.717) is 36.5 Å². The summed E-state index contributed by atoms with van der Waals surface area (Å²) in [6, 6.07) is 11.8. The number of nitrogens with zero attached hydrogens (tertiary/aromatic N) is 2. The minimum absolute atomic E-state index is 0.0635. The van der Waals surface area contributed by atoms with Crippen molar-refractivity contribution in [1.29, 1.82) is 0 Å². The monoisotopic (exact) mass is 419 g/mol. The first-order chi connectivity index (χ1) is 14.9. The van der Waals surface area contributed by atoms with Crippen molar-refractivity contribution in [2.75, 3.05) is 25.1 Å². The van der Waals surface area contributed by atoms with Crippen LogP contribution in [0.15, 0.2) is 55.1 Å². The number of methoxy groups -OCH3 is 1. The van der Waals surface area contributed by atoms with Crippen molar-refractivity contribution in [2.24, 2.45) is 5.73 Å². The van der Waals surface area contributed by atoms with Crippen molar-refractivity contribution in [2.45, 2.75) is 24.8 Å². The van der Waals surface area contributed by atoms with Gasteiger partial charge in [-0.3, -0.25) is 19.3 Å².